The molecule has 0 fully saturated rings. The predicted molar refractivity (Wildman–Crippen MR) is 51.9 cm³/mol. The first-order chi connectivity index (χ1) is 2.00. The molecule has 0 heterocycles. The molecule has 0 spiro atoms. The summed E-state index contributed by atoms with van der Waals surface area (Å²) >= 11 is 8.55. The van der Waals surface area contributed by atoms with E-state index in [1.807, 2.05) is 0 Å². The van der Waals surface area contributed by atoms with Crippen LogP contribution in [0.15, 0.2) is 0 Å². The van der Waals surface area contributed by atoms with Gasteiger partial charge in [0.25, 0.3) is 0 Å². The zero-order valence-electron chi connectivity index (χ0n) is 2.21. The van der Waals surface area contributed by atoms with E-state index >= 15 is 0 Å². The monoisotopic (exact) mass is 514 g/mol. The molecule has 4 heteroatoms. The Kier molecular flexibility index (Phi) is 4.96. The minimum absolute atomic E-state index is 0.540. The summed E-state index contributed by atoms with van der Waals surface area (Å²) in [6.07, 6.45) is 0. The molecule has 5 heavy (non-hydrogen) atoms. The number of halogens is 3. The normalized spacial score (nSPS) is 12.0. The second kappa shape index (κ2) is 3.10. The molecule has 0 nitrogen and oxygen atoms in total. The van der Waals surface area contributed by atoms with Crippen LogP contribution in [-0.4, -0.2) is 20.0 Å². The SMILES string of the molecule is [SnH][C](I)(I)I. The number of hydrogen-bond acceptors (Lipinski definition) is 0. The summed E-state index contributed by atoms with van der Waals surface area (Å²) < 4.78 is 0.540. The number of rotatable bonds is 0. The molecule has 0 aliphatic carbocycles. The van der Waals surface area contributed by atoms with Gasteiger partial charge in [-0.05, 0) is 0 Å². The standard InChI is InChI=1S/CI3.Sn.H/c2-1(3)4;;. The third-order valence-electron chi connectivity index (χ3n) is 0. The van der Waals surface area contributed by atoms with Crippen LogP contribution in [0.4, 0.5) is 0 Å². The van der Waals surface area contributed by atoms with Crippen LogP contribution in [0.1, 0.15) is 0 Å². The van der Waals surface area contributed by atoms with Gasteiger partial charge >= 0.3 is 87.7 Å². The number of alkyl halides is 3. The summed E-state index contributed by atoms with van der Waals surface area (Å²) in [5.41, 5.74) is 0. The van der Waals surface area contributed by atoms with Crippen molar-refractivity contribution in [3.05, 3.63) is 0 Å². The van der Waals surface area contributed by atoms with Gasteiger partial charge in [0, 0.05) is 0 Å². The zero-order chi connectivity index (χ0) is 4.50. The van der Waals surface area contributed by atoms with Gasteiger partial charge in [0.2, 0.25) is 0 Å². The van der Waals surface area contributed by atoms with Crippen LogP contribution in [0.5, 0.6) is 0 Å². The Hall–Kier alpha value is 2.99. The van der Waals surface area contributed by atoms with Crippen LogP contribution in [0.2, 0.25) is 0 Å². The van der Waals surface area contributed by atoms with Crippen molar-refractivity contribution in [2.24, 2.45) is 0 Å². The van der Waals surface area contributed by atoms with Crippen molar-refractivity contribution in [1.82, 2.24) is 0 Å². The molecule has 0 aromatic rings. The average Bonchev–Trinajstić information content (AvgIpc) is 0.722. The van der Waals surface area contributed by atoms with Crippen molar-refractivity contribution in [2.45, 2.75) is -2.55 Å². The van der Waals surface area contributed by atoms with E-state index in [1.165, 1.54) is 22.5 Å². The molecular weight excluding hydrogens is 511 g/mol. The summed E-state index contributed by atoms with van der Waals surface area (Å²) in [6.45, 7) is 0. The molecule has 0 aliphatic rings. The van der Waals surface area contributed by atoms with E-state index in [2.05, 4.69) is 67.8 Å². The van der Waals surface area contributed by atoms with Gasteiger partial charge in [0.1, 0.15) is 0 Å². The Balaban J connectivity index is 3.02. The topological polar surface area (TPSA) is 0 Å². The van der Waals surface area contributed by atoms with Gasteiger partial charge in [-0.25, -0.2) is 0 Å². The summed E-state index contributed by atoms with van der Waals surface area (Å²) in [7, 11) is 0. The van der Waals surface area contributed by atoms with Crippen LogP contribution in [-0.2, 0) is 0 Å². The fourth-order valence-electron chi connectivity index (χ4n) is 0. The van der Waals surface area contributed by atoms with Crippen molar-refractivity contribution in [1.29, 1.82) is 0 Å². The van der Waals surface area contributed by atoms with Crippen LogP contribution in [0.25, 0.3) is 0 Å². The predicted octanol–water partition coefficient (Wildman–Crippen LogP) is 1.80. The van der Waals surface area contributed by atoms with E-state index in [0.29, 0.717) is -2.55 Å². The quantitative estimate of drug-likeness (QED) is 0.264. The fraction of sp³-hybridized carbons (Fsp3) is 1.00. The minimum atomic E-state index is 0.540. The first kappa shape index (κ1) is 7.99. The maximum atomic E-state index is 2.41. The molecule has 0 aromatic carbocycles. The Morgan fingerprint density at radius 1 is 1.20 bits per heavy atom. The molecule has 0 aliphatic heterocycles. The molecule has 0 unspecified atom stereocenters. The van der Waals surface area contributed by atoms with Crippen molar-refractivity contribution >= 4 is 90.3 Å². The van der Waals surface area contributed by atoms with Gasteiger partial charge in [-0.2, -0.15) is 0 Å². The van der Waals surface area contributed by atoms with E-state index < -0.39 is 0 Å². The number of hydrogen-bond donors (Lipinski definition) is 0. The Morgan fingerprint density at radius 2 is 1.20 bits per heavy atom. The average molecular weight is 512 g/mol. The first-order valence-corrected chi connectivity index (χ1v) is 5.74. The van der Waals surface area contributed by atoms with Gasteiger partial charge in [-0.1, -0.05) is 0 Å². The van der Waals surface area contributed by atoms with Crippen molar-refractivity contribution in [2.75, 3.05) is 0 Å². The molecular formula is CHI3Sn. The van der Waals surface area contributed by atoms with Gasteiger partial charge < -0.3 is 0 Å². The summed E-state index contributed by atoms with van der Waals surface area (Å²) in [6, 6.07) is 0. The fourth-order valence-corrected chi connectivity index (χ4v) is 0. The van der Waals surface area contributed by atoms with Crippen LogP contribution in [0.3, 0.4) is 0 Å². The second-order valence-corrected chi connectivity index (χ2v) is 24.4. The van der Waals surface area contributed by atoms with Gasteiger partial charge in [0.05, 0.1) is 0 Å². The Bertz CT molecular complexity index is 22.4. The third-order valence-corrected chi connectivity index (χ3v) is 0. The zero-order valence-corrected chi connectivity index (χ0v) is 12.0. The molecule has 2 radical (unpaired) electrons. The van der Waals surface area contributed by atoms with E-state index in [0.717, 1.165) is 0 Å². The van der Waals surface area contributed by atoms with Crippen molar-refractivity contribution < 1.29 is 0 Å². The Morgan fingerprint density at radius 3 is 1.20 bits per heavy atom. The molecule has 30 valence electrons. The van der Waals surface area contributed by atoms with Gasteiger partial charge in [0.15, 0.2) is 0 Å². The summed E-state index contributed by atoms with van der Waals surface area (Å²) in [5.74, 6) is 0. The van der Waals surface area contributed by atoms with E-state index in [1.54, 1.807) is 0 Å². The van der Waals surface area contributed by atoms with E-state index in [9.17, 15) is 0 Å². The molecule has 0 aromatic heterocycles. The molecule has 0 amide bonds. The first-order valence-electron chi connectivity index (χ1n) is 0.856. The van der Waals surface area contributed by atoms with E-state index in [-0.39, 0.29) is 0 Å². The second-order valence-electron chi connectivity index (χ2n) is 0.542. The third kappa shape index (κ3) is 19.5. The van der Waals surface area contributed by atoms with Crippen LogP contribution in [0, 0.1) is 0 Å². The summed E-state index contributed by atoms with van der Waals surface area (Å²) in [5, 5.41) is 0. The van der Waals surface area contributed by atoms with Crippen molar-refractivity contribution in [3.8, 4) is 0 Å². The Labute approximate surface area is 85.7 Å². The molecule has 0 N–H and O–H groups in total. The van der Waals surface area contributed by atoms with Crippen molar-refractivity contribution in [3.63, 3.8) is 0 Å². The molecule has 0 atom stereocenters. The maximum absolute atomic E-state index is 2.41. The molecule has 0 saturated carbocycles. The molecule has 0 bridgehead atoms. The molecule has 0 saturated heterocycles. The molecule has 0 rings (SSSR count). The van der Waals surface area contributed by atoms with Crippen LogP contribution >= 0.6 is 67.8 Å². The summed E-state index contributed by atoms with van der Waals surface area (Å²) in [4.78, 5) is 0. The van der Waals surface area contributed by atoms with Gasteiger partial charge in [-0.15, -0.1) is 0 Å². The van der Waals surface area contributed by atoms with Crippen LogP contribution < -0.4 is 0 Å². The van der Waals surface area contributed by atoms with Gasteiger partial charge in [-0.3, -0.25) is 0 Å². The van der Waals surface area contributed by atoms with E-state index in [4.69, 9.17) is 0 Å².